The molecule has 0 bridgehead atoms. The molecule has 0 spiro atoms. The number of aromatic nitrogens is 1. The maximum Gasteiger partial charge on any atom is 1.00 e. The second-order valence-electron chi connectivity index (χ2n) is 16.3. The number of fused-ring (bicyclic) bond motifs is 8. The maximum atomic E-state index is 11.8. The van der Waals surface area contributed by atoms with Crippen LogP contribution in [0.3, 0.4) is 0 Å². The van der Waals surface area contributed by atoms with E-state index >= 15 is 0 Å². The molecule has 0 atom stereocenters. The van der Waals surface area contributed by atoms with Gasteiger partial charge in [-0.2, -0.15) is 14.6 Å². The fourth-order valence-corrected chi connectivity index (χ4v) is 10.4. The summed E-state index contributed by atoms with van der Waals surface area (Å²) in [7, 11) is -18.7. The van der Waals surface area contributed by atoms with Crippen LogP contribution in [0.4, 0.5) is 17.1 Å². The van der Waals surface area contributed by atoms with E-state index in [9.17, 15) is 51.9 Å². The molecule has 0 unspecified atom stereocenters. The van der Waals surface area contributed by atoms with Gasteiger partial charge >= 0.3 is 160 Å². The minimum atomic E-state index is -4.72. The Morgan fingerprint density at radius 1 is 0.627 bits per heavy atom. The third kappa shape index (κ3) is 17.4. The van der Waals surface area contributed by atoms with E-state index in [0.717, 1.165) is 0 Å². The third-order valence-electron chi connectivity index (χ3n) is 11.3. The molecule has 30 heteroatoms. The molecule has 0 saturated carbocycles. The van der Waals surface area contributed by atoms with E-state index < -0.39 is 63.5 Å². The van der Waals surface area contributed by atoms with Crippen LogP contribution in [-0.2, 0) is 47.0 Å². The topological polar surface area (TPSA) is 313 Å². The van der Waals surface area contributed by atoms with Crippen molar-refractivity contribution in [2.24, 2.45) is 9.98 Å². The van der Waals surface area contributed by atoms with E-state index in [2.05, 4.69) is 20.3 Å². The number of aliphatic imine (C=N–C) groups is 2. The number of isothiocyanates is 2. The van der Waals surface area contributed by atoms with Gasteiger partial charge in [0.05, 0.1) is 80.0 Å². The van der Waals surface area contributed by atoms with Gasteiger partial charge in [0.1, 0.15) is 22.3 Å². The summed E-state index contributed by atoms with van der Waals surface area (Å²) < 4.78 is 167. The number of aryl methyl sites for hydroxylation is 1. The van der Waals surface area contributed by atoms with Gasteiger partial charge in [0.2, 0.25) is 11.5 Å². The van der Waals surface area contributed by atoms with Crippen LogP contribution in [0.1, 0.15) is 31.6 Å². The number of thiocarbonyl (C=S) groups is 2. The third-order valence-corrected chi connectivity index (χ3v) is 14.7. The van der Waals surface area contributed by atoms with Crippen molar-refractivity contribution in [3.05, 3.63) is 96.4 Å². The minimum absolute atomic E-state index is 0. The van der Waals surface area contributed by atoms with E-state index in [1.807, 2.05) is 0 Å². The van der Waals surface area contributed by atoms with Crippen molar-refractivity contribution in [3.63, 3.8) is 0 Å². The standard InChI is InChI=1S/C45H41N5O16S6.3K/c51-69(52,53)17-1-13-48(14-2-18-70(54,55)56)31(7-11-44-49(15-3-19-71(57,58)59)36-25-40-34(23-42(36)65-44)32-21-29(46-27-67)5-9-38(32)63-40)8-12-45-50(16-4-20-72(60,61)62)37-26-41-35(24-43(37)66-45)33-22-30(47-28-68)6-10-39(33)64-41;;;/h5-12,21-26H,1-4,13-20H2,(H3-,51,52,53,54,55,56,57,58,59,60,61,62);;;/q;3*+1/p-3. The summed E-state index contributed by atoms with van der Waals surface area (Å²) in [6.07, 6.45) is 5.20. The number of hydrogen-bond donors (Lipinski definition) is 0. The Balaban J connectivity index is 0.00000347. The molecule has 0 radical (unpaired) electrons. The van der Waals surface area contributed by atoms with Gasteiger partial charge in [-0.1, -0.05) is 0 Å². The largest absolute Gasteiger partial charge is 1.00 e. The second kappa shape index (κ2) is 27.5. The molecule has 0 aliphatic carbocycles. The first-order chi connectivity index (χ1) is 34.0. The van der Waals surface area contributed by atoms with Gasteiger partial charge in [-0.25, -0.2) is 33.7 Å². The van der Waals surface area contributed by atoms with Crippen LogP contribution in [0.5, 0.6) is 5.75 Å². The van der Waals surface area contributed by atoms with E-state index in [-0.39, 0.29) is 223 Å². The number of ether oxygens (including phenoxy) is 1. The summed E-state index contributed by atoms with van der Waals surface area (Å²) in [5.74, 6) is -2.50. The molecule has 8 rings (SSSR count). The zero-order valence-corrected chi connectivity index (χ0v) is 54.6. The summed E-state index contributed by atoms with van der Waals surface area (Å²) >= 11 is 9.55. The van der Waals surface area contributed by atoms with Gasteiger partial charge in [0.15, 0.2) is 12.3 Å². The monoisotopic (exact) mass is 1210 g/mol. The van der Waals surface area contributed by atoms with Crippen molar-refractivity contribution in [1.82, 2.24) is 4.90 Å². The molecule has 378 valence electrons. The first-order valence-electron chi connectivity index (χ1n) is 21.6. The zero-order chi connectivity index (χ0) is 51.6. The maximum absolute atomic E-state index is 11.8. The Hall–Kier alpha value is -1.28. The van der Waals surface area contributed by atoms with E-state index in [1.165, 1.54) is 29.2 Å². The average Bonchev–Trinajstić information content (AvgIpc) is 4.02. The normalized spacial score (nSPS) is 13.7. The van der Waals surface area contributed by atoms with Gasteiger partial charge in [0.25, 0.3) is 5.52 Å². The predicted octanol–water partition coefficient (Wildman–Crippen LogP) is -2.32. The Morgan fingerprint density at radius 2 is 1.13 bits per heavy atom. The molecule has 3 aromatic heterocycles. The molecule has 4 heterocycles. The van der Waals surface area contributed by atoms with Crippen LogP contribution in [0.25, 0.3) is 61.1 Å². The first-order valence-corrected chi connectivity index (χ1v) is 28.7. The number of benzene rings is 4. The van der Waals surface area contributed by atoms with E-state index in [1.54, 1.807) is 70.1 Å². The van der Waals surface area contributed by atoms with Gasteiger partial charge in [0, 0.05) is 88.5 Å². The number of allylic oxidation sites excluding steroid dienone is 3. The molecule has 0 fully saturated rings. The summed E-state index contributed by atoms with van der Waals surface area (Å²) in [5, 5.41) is 7.23. The zero-order valence-electron chi connectivity index (χ0n) is 40.3. The van der Waals surface area contributed by atoms with Crippen molar-refractivity contribution >= 4 is 153 Å². The summed E-state index contributed by atoms with van der Waals surface area (Å²) in [6.45, 7) is -0.431. The first kappa shape index (κ1) is 64.5. The molecule has 7 aromatic rings. The molecular weight excluding hydrogens is 1180 g/mol. The fraction of sp³-hybridized carbons (Fsp3) is 0.267. The van der Waals surface area contributed by atoms with Crippen LogP contribution in [0, 0.1) is 0 Å². The summed E-state index contributed by atoms with van der Waals surface area (Å²) in [6, 6.07) is 17.0. The molecule has 21 nitrogen and oxygen atoms in total. The SMILES string of the molecule is O=S(=O)([O-])CCCN(CCCS(=O)(=O)[O-])C(=C\C=C1/Oc2cc3c(cc2N1CCCS(=O)(=O)[O-])oc1ccc(N=C=S)cc13)/C=C/c1oc2cc3c(cc2[n+]1CCCS(=O)(=O)[O-])oc1ccc(N=C=S)cc13.[K+].[K+].[K+]. The Kier molecular flexibility index (Phi) is 23.6. The fourth-order valence-electron chi connectivity index (χ4n) is 8.29. The Morgan fingerprint density at radius 3 is 1.68 bits per heavy atom. The minimum Gasteiger partial charge on any atom is -0.748 e. The van der Waals surface area contributed by atoms with Crippen LogP contribution in [0.2, 0.25) is 0 Å². The molecule has 1 aliphatic heterocycles. The van der Waals surface area contributed by atoms with Gasteiger partial charge in [-0.3, -0.25) is 0 Å². The van der Waals surface area contributed by atoms with E-state index in [4.69, 9.17) is 42.4 Å². The van der Waals surface area contributed by atoms with Crippen molar-refractivity contribution in [2.75, 3.05) is 47.5 Å². The molecule has 0 N–H and O–H groups in total. The average molecular weight is 1210 g/mol. The number of oxazole rings is 1. The molecule has 4 aromatic carbocycles. The van der Waals surface area contributed by atoms with Gasteiger partial charge in [-0.05, 0) is 104 Å². The van der Waals surface area contributed by atoms with Crippen LogP contribution in [0.15, 0.2) is 114 Å². The quantitative estimate of drug-likeness (QED) is 0.0172. The number of nitrogens with zero attached hydrogens (tertiary/aromatic N) is 5. The summed E-state index contributed by atoms with van der Waals surface area (Å²) in [4.78, 5) is 11.2. The predicted molar refractivity (Wildman–Crippen MR) is 268 cm³/mol. The Bertz CT molecular complexity index is 3940. The van der Waals surface area contributed by atoms with Crippen molar-refractivity contribution in [2.45, 2.75) is 32.2 Å². The van der Waals surface area contributed by atoms with Crippen molar-refractivity contribution in [3.8, 4) is 5.75 Å². The molecule has 75 heavy (non-hydrogen) atoms. The van der Waals surface area contributed by atoms with Crippen LogP contribution >= 0.6 is 24.4 Å². The van der Waals surface area contributed by atoms with Crippen LogP contribution in [-0.4, -0.2) is 110 Å². The molecular formula is C45H38K3N5O16S6. The van der Waals surface area contributed by atoms with E-state index in [0.29, 0.717) is 77.8 Å². The van der Waals surface area contributed by atoms with Crippen LogP contribution < -0.4 is 168 Å². The Labute approximate surface area is 568 Å². The summed E-state index contributed by atoms with van der Waals surface area (Å²) in [5.41, 5.74) is 4.27. The van der Waals surface area contributed by atoms with Crippen molar-refractivity contribution < 1.29 is 229 Å². The van der Waals surface area contributed by atoms with Crippen molar-refractivity contribution in [1.29, 1.82) is 0 Å². The van der Waals surface area contributed by atoms with Gasteiger partial charge < -0.3 is 46.0 Å². The second-order valence-corrected chi connectivity index (χ2v) is 22.8. The molecule has 1 aliphatic rings. The number of furan rings is 2. The van der Waals surface area contributed by atoms with Gasteiger partial charge in [-0.15, -0.1) is 0 Å². The number of hydrogen-bond acceptors (Lipinski definition) is 22. The number of rotatable bonds is 22. The molecule has 0 saturated heterocycles. The smallest absolute Gasteiger partial charge is 0.748 e. The number of anilines is 1. The molecule has 0 amide bonds.